The van der Waals surface area contributed by atoms with Crippen molar-refractivity contribution < 1.29 is 18.9 Å². The summed E-state index contributed by atoms with van der Waals surface area (Å²) in [5, 5.41) is 0. The van der Waals surface area contributed by atoms with Gasteiger partial charge in [0, 0.05) is 32.8 Å². The molecule has 1 spiro atoms. The molecule has 0 aliphatic carbocycles. The number of hydrogen-bond donors (Lipinski definition) is 2. The van der Waals surface area contributed by atoms with E-state index in [1.807, 2.05) is 0 Å². The Morgan fingerprint density at radius 2 is 2.32 bits per heavy atom. The molecule has 2 heterocycles. The van der Waals surface area contributed by atoms with Gasteiger partial charge in [0.2, 0.25) is 0 Å². The second-order valence-corrected chi connectivity index (χ2v) is 5.43. The lowest BCUT2D eigenvalue weighted by molar-refractivity contribution is -0.107. The average molecular weight is 274 g/mol. The molecular formula is C13H26N2O4. The molecule has 112 valence electrons. The highest BCUT2D eigenvalue weighted by atomic mass is 16.6. The van der Waals surface area contributed by atoms with E-state index < -0.39 is 0 Å². The first-order valence-electron chi connectivity index (χ1n) is 7.04. The summed E-state index contributed by atoms with van der Waals surface area (Å²) in [5.41, 5.74) is 2.81. The lowest BCUT2D eigenvalue weighted by Crippen LogP contribution is -2.51. The summed E-state index contributed by atoms with van der Waals surface area (Å²) in [6, 6.07) is 0.165. The maximum absolute atomic E-state index is 5.94. The SMILES string of the molecule is COCCOCC(NN)C1CCOC2(CCOC2)C1. The minimum atomic E-state index is -0.0788. The van der Waals surface area contributed by atoms with Crippen molar-refractivity contribution in [1.82, 2.24) is 5.43 Å². The van der Waals surface area contributed by atoms with Crippen LogP contribution in [0.2, 0.25) is 0 Å². The third kappa shape index (κ3) is 4.11. The van der Waals surface area contributed by atoms with Gasteiger partial charge in [-0.15, -0.1) is 0 Å². The fraction of sp³-hybridized carbons (Fsp3) is 1.00. The van der Waals surface area contributed by atoms with Crippen molar-refractivity contribution in [3.05, 3.63) is 0 Å². The summed E-state index contributed by atoms with van der Waals surface area (Å²) in [6.07, 6.45) is 3.01. The second-order valence-electron chi connectivity index (χ2n) is 5.43. The molecule has 2 saturated heterocycles. The van der Waals surface area contributed by atoms with Crippen LogP contribution < -0.4 is 11.3 Å². The van der Waals surface area contributed by atoms with Gasteiger partial charge >= 0.3 is 0 Å². The van der Waals surface area contributed by atoms with E-state index in [1.54, 1.807) is 7.11 Å². The highest BCUT2D eigenvalue weighted by Crippen LogP contribution is 2.36. The van der Waals surface area contributed by atoms with Crippen LogP contribution in [0, 0.1) is 5.92 Å². The summed E-state index contributed by atoms with van der Waals surface area (Å²) >= 11 is 0. The summed E-state index contributed by atoms with van der Waals surface area (Å²) in [4.78, 5) is 0. The maximum Gasteiger partial charge on any atom is 0.0939 e. The molecule has 0 aromatic rings. The summed E-state index contributed by atoms with van der Waals surface area (Å²) < 4.78 is 22.0. The molecular weight excluding hydrogens is 248 g/mol. The first-order valence-corrected chi connectivity index (χ1v) is 7.04. The molecule has 3 atom stereocenters. The highest BCUT2D eigenvalue weighted by molar-refractivity contribution is 4.93. The number of ether oxygens (including phenoxy) is 4. The van der Waals surface area contributed by atoms with Crippen LogP contribution in [0.5, 0.6) is 0 Å². The van der Waals surface area contributed by atoms with Crippen molar-refractivity contribution in [2.24, 2.45) is 11.8 Å². The van der Waals surface area contributed by atoms with Crippen LogP contribution in [-0.4, -0.2) is 58.4 Å². The van der Waals surface area contributed by atoms with E-state index in [4.69, 9.17) is 24.8 Å². The molecule has 3 unspecified atom stereocenters. The van der Waals surface area contributed by atoms with Gasteiger partial charge in [-0.05, 0) is 18.8 Å². The zero-order chi connectivity index (χ0) is 13.6. The third-order valence-electron chi connectivity index (χ3n) is 4.11. The van der Waals surface area contributed by atoms with Gasteiger partial charge in [0.1, 0.15) is 0 Å². The van der Waals surface area contributed by atoms with Crippen LogP contribution in [0.1, 0.15) is 19.3 Å². The molecule has 2 aliphatic heterocycles. The van der Waals surface area contributed by atoms with Crippen molar-refractivity contribution >= 4 is 0 Å². The Bertz CT molecular complexity index is 259. The van der Waals surface area contributed by atoms with Gasteiger partial charge in [-0.25, -0.2) is 0 Å². The Kier molecular flexibility index (Phi) is 6.00. The monoisotopic (exact) mass is 274 g/mol. The molecule has 0 amide bonds. The normalized spacial score (nSPS) is 32.8. The van der Waals surface area contributed by atoms with Crippen LogP contribution in [0.25, 0.3) is 0 Å². The third-order valence-corrected chi connectivity index (χ3v) is 4.11. The standard InChI is InChI=1S/C13H26N2O4/c1-16-6-7-17-9-12(15-14)11-2-4-19-13(8-11)3-5-18-10-13/h11-12,15H,2-10,14H2,1H3. The van der Waals surface area contributed by atoms with Gasteiger partial charge in [-0.3, -0.25) is 11.3 Å². The van der Waals surface area contributed by atoms with E-state index in [-0.39, 0.29) is 11.6 Å². The Hall–Kier alpha value is -0.240. The molecule has 0 aromatic heterocycles. The Morgan fingerprint density at radius 1 is 1.42 bits per heavy atom. The first kappa shape index (κ1) is 15.2. The molecule has 6 heteroatoms. The molecule has 2 aliphatic rings. The highest BCUT2D eigenvalue weighted by Gasteiger charge is 2.42. The quantitative estimate of drug-likeness (QED) is 0.389. The van der Waals surface area contributed by atoms with Gasteiger partial charge in [0.05, 0.1) is 32.0 Å². The number of nitrogens with one attached hydrogen (secondary N) is 1. The van der Waals surface area contributed by atoms with E-state index in [0.717, 1.165) is 32.5 Å². The largest absolute Gasteiger partial charge is 0.382 e. The molecule has 0 saturated carbocycles. The number of hydrazine groups is 1. The van der Waals surface area contributed by atoms with Crippen molar-refractivity contribution in [3.8, 4) is 0 Å². The average Bonchev–Trinajstić information content (AvgIpc) is 2.87. The number of methoxy groups -OCH3 is 1. The van der Waals surface area contributed by atoms with E-state index >= 15 is 0 Å². The first-order chi connectivity index (χ1) is 9.29. The molecule has 19 heavy (non-hydrogen) atoms. The van der Waals surface area contributed by atoms with Crippen molar-refractivity contribution in [1.29, 1.82) is 0 Å². The fourth-order valence-corrected chi connectivity index (χ4v) is 2.95. The van der Waals surface area contributed by atoms with Gasteiger partial charge < -0.3 is 18.9 Å². The van der Waals surface area contributed by atoms with Crippen LogP contribution in [-0.2, 0) is 18.9 Å². The van der Waals surface area contributed by atoms with Crippen LogP contribution in [0.3, 0.4) is 0 Å². The Balaban J connectivity index is 1.80. The predicted octanol–water partition coefficient (Wildman–Crippen LogP) is 0.0670. The van der Waals surface area contributed by atoms with Crippen molar-refractivity contribution in [3.63, 3.8) is 0 Å². The van der Waals surface area contributed by atoms with Crippen molar-refractivity contribution in [2.45, 2.75) is 30.9 Å². The molecule has 2 rings (SSSR count). The Morgan fingerprint density at radius 3 is 3.00 bits per heavy atom. The van der Waals surface area contributed by atoms with Gasteiger partial charge in [0.15, 0.2) is 0 Å². The number of rotatable bonds is 7. The minimum Gasteiger partial charge on any atom is -0.382 e. The molecule has 0 radical (unpaired) electrons. The number of nitrogens with two attached hydrogens (primary N) is 1. The summed E-state index contributed by atoms with van der Waals surface area (Å²) in [7, 11) is 1.67. The van der Waals surface area contributed by atoms with E-state index in [0.29, 0.717) is 32.3 Å². The van der Waals surface area contributed by atoms with Crippen LogP contribution >= 0.6 is 0 Å². The Labute approximate surface area is 114 Å². The minimum absolute atomic E-state index is 0.0788. The summed E-state index contributed by atoms with van der Waals surface area (Å²) in [6.45, 7) is 4.13. The molecule has 2 fully saturated rings. The van der Waals surface area contributed by atoms with E-state index in [9.17, 15) is 0 Å². The maximum atomic E-state index is 5.94. The molecule has 6 nitrogen and oxygen atoms in total. The van der Waals surface area contributed by atoms with Crippen LogP contribution in [0.4, 0.5) is 0 Å². The van der Waals surface area contributed by atoms with Crippen LogP contribution in [0.15, 0.2) is 0 Å². The molecule has 0 bridgehead atoms. The topological polar surface area (TPSA) is 75.0 Å². The lowest BCUT2D eigenvalue weighted by atomic mass is 9.81. The zero-order valence-electron chi connectivity index (χ0n) is 11.7. The van der Waals surface area contributed by atoms with Crippen molar-refractivity contribution in [2.75, 3.05) is 46.8 Å². The summed E-state index contributed by atoms with van der Waals surface area (Å²) in [5.74, 6) is 6.15. The van der Waals surface area contributed by atoms with Gasteiger partial charge in [0.25, 0.3) is 0 Å². The predicted molar refractivity (Wildman–Crippen MR) is 70.6 cm³/mol. The molecule has 3 N–H and O–H groups in total. The second kappa shape index (κ2) is 7.52. The smallest absolute Gasteiger partial charge is 0.0939 e. The lowest BCUT2D eigenvalue weighted by Gasteiger charge is -2.40. The zero-order valence-corrected chi connectivity index (χ0v) is 11.7. The fourth-order valence-electron chi connectivity index (χ4n) is 2.95. The molecule has 0 aromatic carbocycles. The van der Waals surface area contributed by atoms with E-state index in [1.165, 1.54) is 0 Å². The van der Waals surface area contributed by atoms with Gasteiger partial charge in [-0.2, -0.15) is 0 Å². The number of hydrogen-bond acceptors (Lipinski definition) is 6. The van der Waals surface area contributed by atoms with E-state index in [2.05, 4.69) is 5.43 Å². The van der Waals surface area contributed by atoms with Gasteiger partial charge in [-0.1, -0.05) is 0 Å².